The van der Waals surface area contributed by atoms with Crippen LogP contribution in [-0.2, 0) is 11.3 Å². The SMILES string of the molecule is COC(=O)c1cc(-c2csc(NC(=O)c3cccc(OCc4cccnc4)c3)n2)c[nH]1. The van der Waals surface area contributed by atoms with Crippen molar-refractivity contribution in [3.8, 4) is 17.0 Å². The van der Waals surface area contributed by atoms with Crippen molar-refractivity contribution in [1.29, 1.82) is 0 Å². The number of thiazole rings is 1. The van der Waals surface area contributed by atoms with Gasteiger partial charge in [-0.25, -0.2) is 9.78 Å². The highest BCUT2D eigenvalue weighted by atomic mass is 32.1. The first kappa shape index (κ1) is 20.3. The number of benzene rings is 1. The number of esters is 1. The molecule has 3 heterocycles. The van der Waals surface area contributed by atoms with Crippen LogP contribution in [-0.4, -0.2) is 33.9 Å². The molecule has 8 nitrogen and oxygen atoms in total. The number of amides is 1. The second-order valence-corrected chi connectivity index (χ2v) is 7.32. The number of aromatic nitrogens is 3. The van der Waals surface area contributed by atoms with Gasteiger partial charge in [0.1, 0.15) is 18.1 Å². The van der Waals surface area contributed by atoms with Crippen LogP contribution in [0.15, 0.2) is 66.4 Å². The van der Waals surface area contributed by atoms with Crippen LogP contribution >= 0.6 is 11.3 Å². The van der Waals surface area contributed by atoms with Crippen molar-refractivity contribution >= 4 is 28.3 Å². The molecule has 4 rings (SSSR count). The average molecular weight is 434 g/mol. The van der Waals surface area contributed by atoms with Crippen LogP contribution in [0.1, 0.15) is 26.4 Å². The summed E-state index contributed by atoms with van der Waals surface area (Å²) in [5.74, 6) is -0.170. The number of carbonyl (C=O) groups is 2. The van der Waals surface area contributed by atoms with Crippen LogP contribution in [0.3, 0.4) is 0 Å². The zero-order chi connectivity index (χ0) is 21.6. The summed E-state index contributed by atoms with van der Waals surface area (Å²) in [4.78, 5) is 35.5. The average Bonchev–Trinajstić information content (AvgIpc) is 3.48. The van der Waals surface area contributed by atoms with E-state index in [0.29, 0.717) is 34.4 Å². The van der Waals surface area contributed by atoms with Gasteiger partial charge >= 0.3 is 5.97 Å². The lowest BCUT2D eigenvalue weighted by Crippen LogP contribution is -2.11. The number of aromatic amines is 1. The number of anilines is 1. The van der Waals surface area contributed by atoms with E-state index in [-0.39, 0.29) is 5.91 Å². The van der Waals surface area contributed by atoms with Crippen molar-refractivity contribution in [3.63, 3.8) is 0 Å². The lowest BCUT2D eigenvalue weighted by Gasteiger charge is -2.08. The van der Waals surface area contributed by atoms with Gasteiger partial charge < -0.3 is 14.5 Å². The Morgan fingerprint density at radius 3 is 2.90 bits per heavy atom. The molecule has 0 atom stereocenters. The minimum absolute atomic E-state index is 0.294. The number of hydrogen-bond donors (Lipinski definition) is 2. The maximum absolute atomic E-state index is 12.6. The number of methoxy groups -OCH3 is 1. The Balaban J connectivity index is 1.41. The van der Waals surface area contributed by atoms with Gasteiger partial charge in [0.15, 0.2) is 5.13 Å². The smallest absolute Gasteiger partial charge is 0.354 e. The molecule has 0 aliphatic rings. The number of hydrogen-bond acceptors (Lipinski definition) is 7. The summed E-state index contributed by atoms with van der Waals surface area (Å²) in [6.45, 7) is 0.360. The predicted molar refractivity (Wildman–Crippen MR) is 116 cm³/mol. The summed E-state index contributed by atoms with van der Waals surface area (Å²) in [5, 5.41) is 5.04. The fraction of sp³-hybridized carbons (Fsp3) is 0.0909. The number of pyridine rings is 1. The van der Waals surface area contributed by atoms with Gasteiger partial charge in [-0.05, 0) is 30.3 Å². The summed E-state index contributed by atoms with van der Waals surface area (Å²) in [5.41, 5.74) is 3.09. The molecular weight excluding hydrogens is 416 g/mol. The lowest BCUT2D eigenvalue weighted by atomic mass is 10.2. The highest BCUT2D eigenvalue weighted by molar-refractivity contribution is 7.14. The van der Waals surface area contributed by atoms with Crippen molar-refractivity contribution in [1.82, 2.24) is 15.0 Å². The van der Waals surface area contributed by atoms with Crippen molar-refractivity contribution in [2.75, 3.05) is 12.4 Å². The van der Waals surface area contributed by atoms with E-state index in [1.54, 1.807) is 54.3 Å². The molecule has 1 aromatic carbocycles. The lowest BCUT2D eigenvalue weighted by molar-refractivity contribution is 0.0594. The van der Waals surface area contributed by atoms with Crippen LogP contribution in [0.25, 0.3) is 11.3 Å². The minimum Gasteiger partial charge on any atom is -0.489 e. The predicted octanol–water partition coefficient (Wildman–Crippen LogP) is 4.15. The highest BCUT2D eigenvalue weighted by Gasteiger charge is 2.14. The van der Waals surface area contributed by atoms with Crippen molar-refractivity contribution in [2.45, 2.75) is 6.61 Å². The molecule has 31 heavy (non-hydrogen) atoms. The summed E-state index contributed by atoms with van der Waals surface area (Å²) in [6, 6.07) is 12.3. The first-order valence-electron chi connectivity index (χ1n) is 9.28. The van der Waals surface area contributed by atoms with Gasteiger partial charge in [0.25, 0.3) is 5.91 Å². The van der Waals surface area contributed by atoms with Gasteiger partial charge in [-0.3, -0.25) is 15.1 Å². The summed E-state index contributed by atoms with van der Waals surface area (Å²) in [6.07, 6.45) is 5.10. The first-order chi connectivity index (χ1) is 15.1. The Labute approximate surface area is 181 Å². The molecule has 0 aliphatic heterocycles. The number of H-pyrrole nitrogens is 1. The van der Waals surface area contributed by atoms with Gasteiger partial charge in [0, 0.05) is 40.7 Å². The van der Waals surface area contributed by atoms with Crippen molar-refractivity contribution in [3.05, 3.63) is 83.3 Å². The molecule has 9 heteroatoms. The monoisotopic (exact) mass is 434 g/mol. The highest BCUT2D eigenvalue weighted by Crippen LogP contribution is 2.26. The maximum atomic E-state index is 12.6. The standard InChI is InChI=1S/C22H18N4O4S/c1-29-21(28)18-9-16(11-24-18)19-13-31-22(25-19)26-20(27)15-5-2-6-17(8-15)30-12-14-4-3-7-23-10-14/h2-11,13,24H,12H2,1H3,(H,25,26,27). The molecular formula is C22H18N4O4S. The molecule has 3 aromatic heterocycles. The van der Waals surface area contributed by atoms with Gasteiger partial charge in [0.2, 0.25) is 0 Å². The van der Waals surface area contributed by atoms with Crippen LogP contribution in [0.5, 0.6) is 5.75 Å². The summed E-state index contributed by atoms with van der Waals surface area (Å²) < 4.78 is 10.4. The van der Waals surface area contributed by atoms with Gasteiger partial charge in [0.05, 0.1) is 12.8 Å². The van der Waals surface area contributed by atoms with Crippen molar-refractivity contribution < 1.29 is 19.1 Å². The second kappa shape index (κ2) is 9.23. The molecule has 4 aromatic rings. The van der Waals surface area contributed by atoms with E-state index in [0.717, 1.165) is 11.1 Å². The van der Waals surface area contributed by atoms with E-state index in [1.165, 1.54) is 18.4 Å². The third-order valence-electron chi connectivity index (χ3n) is 4.33. The molecule has 2 N–H and O–H groups in total. The molecule has 156 valence electrons. The number of ether oxygens (including phenoxy) is 2. The Morgan fingerprint density at radius 1 is 1.19 bits per heavy atom. The van der Waals surface area contributed by atoms with Gasteiger partial charge in [-0.15, -0.1) is 11.3 Å². The van der Waals surface area contributed by atoms with E-state index in [9.17, 15) is 9.59 Å². The molecule has 0 spiro atoms. The second-order valence-electron chi connectivity index (χ2n) is 6.46. The third kappa shape index (κ3) is 4.96. The largest absolute Gasteiger partial charge is 0.489 e. The number of nitrogens with one attached hydrogen (secondary N) is 2. The van der Waals surface area contributed by atoms with E-state index in [2.05, 4.69) is 25.0 Å². The third-order valence-corrected chi connectivity index (χ3v) is 5.09. The van der Waals surface area contributed by atoms with Crippen molar-refractivity contribution in [2.24, 2.45) is 0 Å². The normalized spacial score (nSPS) is 10.5. The van der Waals surface area contributed by atoms with E-state index >= 15 is 0 Å². The molecule has 0 aliphatic carbocycles. The van der Waals surface area contributed by atoms with Gasteiger partial charge in [-0.1, -0.05) is 12.1 Å². The van der Waals surface area contributed by atoms with Crippen LogP contribution in [0.2, 0.25) is 0 Å². The number of carbonyl (C=O) groups excluding carboxylic acids is 2. The fourth-order valence-corrected chi connectivity index (χ4v) is 3.50. The molecule has 0 saturated heterocycles. The number of rotatable bonds is 7. The molecule has 0 fully saturated rings. The van der Waals surface area contributed by atoms with E-state index in [1.807, 2.05) is 12.1 Å². The molecule has 0 radical (unpaired) electrons. The molecule has 0 bridgehead atoms. The quantitative estimate of drug-likeness (QED) is 0.423. The summed E-state index contributed by atoms with van der Waals surface area (Å²) in [7, 11) is 1.32. The molecule has 0 unspecified atom stereocenters. The molecule has 0 saturated carbocycles. The number of nitrogens with zero attached hydrogens (tertiary/aromatic N) is 2. The van der Waals surface area contributed by atoms with E-state index < -0.39 is 5.97 Å². The zero-order valence-corrected chi connectivity index (χ0v) is 17.3. The first-order valence-corrected chi connectivity index (χ1v) is 10.2. The Hall–Kier alpha value is -3.98. The van der Waals surface area contributed by atoms with Crippen LogP contribution in [0, 0.1) is 0 Å². The maximum Gasteiger partial charge on any atom is 0.354 e. The summed E-state index contributed by atoms with van der Waals surface area (Å²) >= 11 is 1.29. The Bertz CT molecular complexity index is 1200. The Kier molecular flexibility index (Phi) is 6.04. The molecule has 1 amide bonds. The Morgan fingerprint density at radius 2 is 2.10 bits per heavy atom. The van der Waals surface area contributed by atoms with E-state index in [4.69, 9.17) is 4.74 Å². The van der Waals surface area contributed by atoms with Gasteiger partial charge in [-0.2, -0.15) is 0 Å². The minimum atomic E-state index is -0.458. The van der Waals surface area contributed by atoms with Crippen LogP contribution in [0.4, 0.5) is 5.13 Å². The fourth-order valence-electron chi connectivity index (χ4n) is 2.78. The topological polar surface area (TPSA) is 106 Å². The zero-order valence-electron chi connectivity index (χ0n) is 16.5. The van der Waals surface area contributed by atoms with Crippen LogP contribution < -0.4 is 10.1 Å².